The zero-order valence-electron chi connectivity index (χ0n) is 17.0. The number of fused-ring (bicyclic) bond motifs is 2. The van der Waals surface area contributed by atoms with Crippen LogP contribution in [0.25, 0.3) is 21.5 Å². The van der Waals surface area contributed by atoms with Gasteiger partial charge in [-0.3, -0.25) is 9.48 Å². The van der Waals surface area contributed by atoms with E-state index in [1.54, 1.807) is 36.0 Å². The van der Waals surface area contributed by atoms with Crippen molar-refractivity contribution in [1.29, 1.82) is 0 Å². The first-order chi connectivity index (χ1) is 15.0. The van der Waals surface area contributed by atoms with E-state index >= 15 is 0 Å². The maximum absolute atomic E-state index is 14.3. The average molecular weight is 437 g/mol. The molecular formula is C23H20FN3O3S. The van der Waals surface area contributed by atoms with E-state index in [4.69, 9.17) is 9.47 Å². The summed E-state index contributed by atoms with van der Waals surface area (Å²) in [6.07, 6.45) is 0. The molecule has 1 atom stereocenters. The molecule has 3 heterocycles. The number of aryl methyl sites for hydroxylation is 1. The summed E-state index contributed by atoms with van der Waals surface area (Å²) in [5.74, 6) is 0.869. The number of aromatic nitrogens is 2. The molecule has 1 N–H and O–H groups in total. The molecule has 2 aromatic carbocycles. The van der Waals surface area contributed by atoms with Crippen molar-refractivity contribution in [2.45, 2.75) is 13.0 Å². The fraction of sp³-hybridized carbons (Fsp3) is 0.217. The first-order valence-electron chi connectivity index (χ1n) is 9.93. The molecule has 0 radical (unpaired) electrons. The number of hydrogen-bond donors (Lipinski definition) is 1. The lowest BCUT2D eigenvalue weighted by Gasteiger charge is -2.21. The third-order valence-corrected chi connectivity index (χ3v) is 6.48. The van der Waals surface area contributed by atoms with Crippen LogP contribution >= 0.6 is 11.3 Å². The second-order valence-electron chi connectivity index (χ2n) is 7.38. The summed E-state index contributed by atoms with van der Waals surface area (Å²) in [5, 5.41) is 8.25. The Morgan fingerprint density at radius 3 is 2.74 bits per heavy atom. The van der Waals surface area contributed by atoms with Gasteiger partial charge in [-0.1, -0.05) is 18.2 Å². The van der Waals surface area contributed by atoms with Gasteiger partial charge in [-0.05, 0) is 42.8 Å². The van der Waals surface area contributed by atoms with E-state index in [1.807, 2.05) is 25.1 Å². The van der Waals surface area contributed by atoms with Crippen molar-refractivity contribution < 1.29 is 18.7 Å². The number of nitrogens with one attached hydrogen (secondary N) is 1. The minimum atomic E-state index is -0.341. The predicted octanol–water partition coefficient (Wildman–Crippen LogP) is 4.70. The van der Waals surface area contributed by atoms with Crippen LogP contribution in [0.15, 0.2) is 48.5 Å². The van der Waals surface area contributed by atoms with E-state index in [-0.39, 0.29) is 17.8 Å². The predicted molar refractivity (Wildman–Crippen MR) is 117 cm³/mol. The van der Waals surface area contributed by atoms with Crippen LogP contribution in [0.4, 0.5) is 4.39 Å². The second-order valence-corrected chi connectivity index (χ2v) is 8.41. The van der Waals surface area contributed by atoms with Gasteiger partial charge in [-0.25, -0.2) is 4.39 Å². The van der Waals surface area contributed by atoms with Crippen LogP contribution in [0.5, 0.6) is 11.5 Å². The van der Waals surface area contributed by atoms with Crippen LogP contribution in [0.1, 0.15) is 28.2 Å². The minimum Gasteiger partial charge on any atom is -0.486 e. The first kappa shape index (κ1) is 19.6. The van der Waals surface area contributed by atoms with Crippen molar-refractivity contribution in [1.82, 2.24) is 15.1 Å². The van der Waals surface area contributed by atoms with Gasteiger partial charge in [0.2, 0.25) is 0 Å². The zero-order chi connectivity index (χ0) is 21.5. The summed E-state index contributed by atoms with van der Waals surface area (Å²) >= 11 is 1.33. The molecule has 0 spiro atoms. The van der Waals surface area contributed by atoms with Crippen LogP contribution in [-0.2, 0) is 7.05 Å². The Kier molecular flexibility index (Phi) is 4.86. The van der Waals surface area contributed by atoms with Crippen molar-refractivity contribution in [3.63, 3.8) is 0 Å². The SMILES string of the molecule is CC(NC(=O)c1cc2c(-c3ccccc3F)nn(C)c2s1)c1ccc2c(c1)OCCO2. The number of carbonyl (C=O) groups excluding carboxylic acids is 1. The lowest BCUT2D eigenvalue weighted by Crippen LogP contribution is -2.26. The highest BCUT2D eigenvalue weighted by molar-refractivity contribution is 7.20. The van der Waals surface area contributed by atoms with E-state index in [2.05, 4.69) is 10.4 Å². The van der Waals surface area contributed by atoms with E-state index in [9.17, 15) is 9.18 Å². The Labute approximate surface area is 182 Å². The molecule has 0 saturated carbocycles. The number of rotatable bonds is 4. The monoisotopic (exact) mass is 437 g/mol. The van der Waals surface area contributed by atoms with Crippen molar-refractivity contribution >= 4 is 27.5 Å². The van der Waals surface area contributed by atoms with Crippen molar-refractivity contribution in [2.75, 3.05) is 13.2 Å². The van der Waals surface area contributed by atoms with Gasteiger partial charge in [0.05, 0.1) is 10.9 Å². The lowest BCUT2D eigenvalue weighted by molar-refractivity contribution is 0.0944. The number of carbonyl (C=O) groups is 1. The first-order valence-corrected chi connectivity index (χ1v) is 10.7. The standard InChI is InChI=1S/C23H20FN3O3S/c1-13(14-7-8-18-19(11-14)30-10-9-29-18)25-22(28)20-12-16-21(26-27(2)23(16)31-20)15-5-3-4-6-17(15)24/h3-8,11-13H,9-10H2,1-2H3,(H,25,28). The molecule has 1 unspecified atom stereocenters. The van der Waals surface area contributed by atoms with Gasteiger partial charge in [0, 0.05) is 18.0 Å². The molecule has 6 nitrogen and oxygen atoms in total. The number of nitrogens with zero attached hydrogens (tertiary/aromatic N) is 2. The van der Waals surface area contributed by atoms with Crippen LogP contribution in [0, 0.1) is 5.82 Å². The molecular weight excluding hydrogens is 417 g/mol. The van der Waals surface area contributed by atoms with Crippen LogP contribution in [-0.4, -0.2) is 28.9 Å². The maximum Gasteiger partial charge on any atom is 0.261 e. The molecule has 0 saturated heterocycles. The Balaban J connectivity index is 1.41. The van der Waals surface area contributed by atoms with Gasteiger partial charge in [0.25, 0.3) is 5.91 Å². The number of thiophene rings is 1. The quantitative estimate of drug-likeness (QED) is 0.503. The Morgan fingerprint density at radius 2 is 1.94 bits per heavy atom. The molecule has 1 amide bonds. The van der Waals surface area contributed by atoms with Gasteiger partial charge < -0.3 is 14.8 Å². The number of halogens is 1. The van der Waals surface area contributed by atoms with Gasteiger partial charge in [0.1, 0.15) is 29.6 Å². The van der Waals surface area contributed by atoms with Gasteiger partial charge in [-0.2, -0.15) is 5.10 Å². The fourth-order valence-electron chi connectivity index (χ4n) is 3.69. The molecule has 0 bridgehead atoms. The smallest absolute Gasteiger partial charge is 0.261 e. The third-order valence-electron chi connectivity index (χ3n) is 5.28. The largest absolute Gasteiger partial charge is 0.486 e. The van der Waals surface area contributed by atoms with Crippen molar-refractivity contribution in [3.8, 4) is 22.8 Å². The van der Waals surface area contributed by atoms with Crippen molar-refractivity contribution in [2.24, 2.45) is 7.05 Å². The summed E-state index contributed by atoms with van der Waals surface area (Å²) in [6, 6.07) is 13.7. The molecule has 0 aliphatic carbocycles. The number of hydrogen-bond acceptors (Lipinski definition) is 5. The topological polar surface area (TPSA) is 65.4 Å². The van der Waals surface area contributed by atoms with Crippen LogP contribution < -0.4 is 14.8 Å². The van der Waals surface area contributed by atoms with E-state index in [1.165, 1.54) is 17.4 Å². The fourth-order valence-corrected chi connectivity index (χ4v) is 4.66. The maximum atomic E-state index is 14.3. The second kappa shape index (κ2) is 7.70. The number of benzene rings is 2. The highest BCUT2D eigenvalue weighted by Crippen LogP contribution is 2.35. The zero-order valence-corrected chi connectivity index (χ0v) is 17.8. The van der Waals surface area contributed by atoms with Crippen LogP contribution in [0.3, 0.4) is 0 Å². The Morgan fingerprint density at radius 1 is 1.16 bits per heavy atom. The minimum absolute atomic E-state index is 0.192. The molecule has 1 aliphatic heterocycles. The lowest BCUT2D eigenvalue weighted by atomic mass is 10.1. The molecule has 4 aromatic rings. The third kappa shape index (κ3) is 3.53. The van der Waals surface area contributed by atoms with Gasteiger partial charge >= 0.3 is 0 Å². The molecule has 0 fully saturated rings. The Hall–Kier alpha value is -3.39. The summed E-state index contributed by atoms with van der Waals surface area (Å²) in [7, 11) is 1.79. The highest BCUT2D eigenvalue weighted by atomic mass is 32.1. The molecule has 31 heavy (non-hydrogen) atoms. The van der Waals surface area contributed by atoms with Crippen LogP contribution in [0.2, 0.25) is 0 Å². The average Bonchev–Trinajstić information content (AvgIpc) is 3.34. The Bertz CT molecular complexity index is 1300. The van der Waals surface area contributed by atoms with Gasteiger partial charge in [0.15, 0.2) is 11.5 Å². The van der Waals surface area contributed by atoms with E-state index in [0.717, 1.165) is 15.8 Å². The highest BCUT2D eigenvalue weighted by Gasteiger charge is 2.21. The summed E-state index contributed by atoms with van der Waals surface area (Å²) < 4.78 is 27.2. The molecule has 1 aliphatic rings. The molecule has 8 heteroatoms. The van der Waals surface area contributed by atoms with E-state index < -0.39 is 0 Å². The summed E-state index contributed by atoms with van der Waals surface area (Å²) in [6.45, 7) is 2.97. The normalized spacial score (nSPS) is 13.9. The molecule has 2 aromatic heterocycles. The summed E-state index contributed by atoms with van der Waals surface area (Å²) in [4.78, 5) is 14.3. The van der Waals surface area contributed by atoms with Crippen molar-refractivity contribution in [3.05, 3.63) is 64.8 Å². The molecule has 158 valence electrons. The number of ether oxygens (including phenoxy) is 2. The van der Waals surface area contributed by atoms with E-state index in [0.29, 0.717) is 40.8 Å². The summed E-state index contributed by atoms with van der Waals surface area (Å²) in [5.41, 5.74) is 1.88. The molecule has 5 rings (SSSR count). The number of amides is 1. The van der Waals surface area contributed by atoms with Gasteiger partial charge in [-0.15, -0.1) is 11.3 Å².